The van der Waals surface area contributed by atoms with Crippen LogP contribution in [0.3, 0.4) is 0 Å². The largest absolute Gasteiger partial charge is 0.319 e. The molecule has 0 fully saturated rings. The van der Waals surface area contributed by atoms with Crippen molar-refractivity contribution in [3.05, 3.63) is 48.7 Å². The molecule has 2 heteroatoms. The van der Waals surface area contributed by atoms with Crippen LogP contribution in [-0.2, 0) is 11.2 Å². The van der Waals surface area contributed by atoms with Crippen LogP contribution in [-0.4, -0.2) is 17.4 Å². The van der Waals surface area contributed by atoms with E-state index in [0.717, 1.165) is 6.42 Å². The summed E-state index contributed by atoms with van der Waals surface area (Å²) in [5.74, 6) is 0.126. The molecule has 0 saturated carbocycles. The molecular weight excluding hydrogens is 186 g/mol. The fraction of sp³-hybridized carbons (Fsp3) is 0.308. The van der Waals surface area contributed by atoms with Crippen molar-refractivity contribution >= 4 is 5.91 Å². The molecule has 0 aliphatic carbocycles. The van der Waals surface area contributed by atoms with E-state index in [2.05, 4.69) is 18.7 Å². The number of benzene rings is 1. The molecule has 0 aliphatic rings. The summed E-state index contributed by atoms with van der Waals surface area (Å²) in [6.07, 6.45) is 3.01. The van der Waals surface area contributed by atoms with Crippen molar-refractivity contribution in [3.63, 3.8) is 0 Å². The van der Waals surface area contributed by atoms with Crippen LogP contribution in [0, 0.1) is 0 Å². The molecule has 0 atom stereocenters. The van der Waals surface area contributed by atoms with E-state index in [1.807, 2.05) is 25.1 Å². The van der Waals surface area contributed by atoms with Crippen molar-refractivity contribution in [2.24, 2.45) is 0 Å². The molecule has 0 aliphatic heterocycles. The second-order valence-corrected chi connectivity index (χ2v) is 3.36. The van der Waals surface area contributed by atoms with Gasteiger partial charge in [-0.25, -0.2) is 0 Å². The fourth-order valence-corrected chi connectivity index (χ4v) is 1.42. The number of rotatable bonds is 5. The average Bonchev–Trinajstić information content (AvgIpc) is 2.31. The summed E-state index contributed by atoms with van der Waals surface area (Å²) < 4.78 is 0. The van der Waals surface area contributed by atoms with Crippen molar-refractivity contribution in [2.45, 2.75) is 19.8 Å². The SMILES string of the molecule is C=CN(CCc1ccccc1)C(=O)CC. The molecule has 2 nitrogen and oxygen atoms in total. The molecule has 1 aromatic carbocycles. The molecule has 0 heterocycles. The zero-order valence-corrected chi connectivity index (χ0v) is 9.15. The molecule has 80 valence electrons. The van der Waals surface area contributed by atoms with Gasteiger partial charge >= 0.3 is 0 Å². The highest BCUT2D eigenvalue weighted by Crippen LogP contribution is 2.02. The van der Waals surface area contributed by atoms with Crippen LogP contribution in [0.25, 0.3) is 0 Å². The Morgan fingerprint density at radius 1 is 1.40 bits per heavy atom. The lowest BCUT2D eigenvalue weighted by atomic mass is 10.1. The first-order valence-electron chi connectivity index (χ1n) is 5.24. The minimum Gasteiger partial charge on any atom is -0.319 e. The highest BCUT2D eigenvalue weighted by atomic mass is 16.2. The van der Waals surface area contributed by atoms with Gasteiger partial charge < -0.3 is 4.90 Å². The van der Waals surface area contributed by atoms with Gasteiger partial charge in [-0.05, 0) is 18.2 Å². The van der Waals surface area contributed by atoms with Crippen molar-refractivity contribution in [1.29, 1.82) is 0 Å². The molecule has 0 aromatic heterocycles. The number of carbonyl (C=O) groups excluding carboxylic acids is 1. The lowest BCUT2D eigenvalue weighted by Gasteiger charge is -2.16. The first kappa shape index (κ1) is 11.5. The van der Waals surface area contributed by atoms with E-state index in [0.29, 0.717) is 13.0 Å². The molecule has 0 unspecified atom stereocenters. The Balaban J connectivity index is 2.48. The summed E-state index contributed by atoms with van der Waals surface area (Å²) in [6, 6.07) is 10.1. The maximum Gasteiger partial charge on any atom is 0.226 e. The van der Waals surface area contributed by atoms with Crippen molar-refractivity contribution in [2.75, 3.05) is 6.54 Å². The summed E-state index contributed by atoms with van der Waals surface area (Å²) in [5.41, 5.74) is 1.24. The van der Waals surface area contributed by atoms with E-state index in [4.69, 9.17) is 0 Å². The Kier molecular flexibility index (Phi) is 4.61. The lowest BCUT2D eigenvalue weighted by molar-refractivity contribution is -0.128. The van der Waals surface area contributed by atoms with Gasteiger partial charge in [0.15, 0.2) is 0 Å². The van der Waals surface area contributed by atoms with E-state index in [-0.39, 0.29) is 5.91 Å². The average molecular weight is 203 g/mol. The molecular formula is C13H17NO. The Bertz CT molecular complexity index is 319. The third-order valence-electron chi connectivity index (χ3n) is 2.33. The first-order valence-corrected chi connectivity index (χ1v) is 5.24. The third-order valence-corrected chi connectivity index (χ3v) is 2.33. The van der Waals surface area contributed by atoms with Crippen LogP contribution in [0.4, 0.5) is 0 Å². The number of carbonyl (C=O) groups is 1. The van der Waals surface area contributed by atoms with Crippen LogP contribution in [0.5, 0.6) is 0 Å². The molecule has 1 aromatic rings. The van der Waals surface area contributed by atoms with Gasteiger partial charge in [0.25, 0.3) is 0 Å². The Morgan fingerprint density at radius 2 is 2.07 bits per heavy atom. The van der Waals surface area contributed by atoms with Gasteiger partial charge in [0.2, 0.25) is 5.91 Å². The maximum atomic E-state index is 11.4. The van der Waals surface area contributed by atoms with E-state index in [1.165, 1.54) is 5.56 Å². The fourth-order valence-electron chi connectivity index (χ4n) is 1.42. The van der Waals surface area contributed by atoms with Gasteiger partial charge in [0.1, 0.15) is 0 Å². The van der Waals surface area contributed by atoms with Crippen molar-refractivity contribution in [3.8, 4) is 0 Å². The second kappa shape index (κ2) is 6.02. The summed E-state index contributed by atoms with van der Waals surface area (Å²) >= 11 is 0. The minimum absolute atomic E-state index is 0.126. The smallest absolute Gasteiger partial charge is 0.226 e. The summed E-state index contributed by atoms with van der Waals surface area (Å²) in [5, 5.41) is 0. The molecule has 1 rings (SSSR count). The minimum atomic E-state index is 0.126. The zero-order valence-electron chi connectivity index (χ0n) is 9.15. The second-order valence-electron chi connectivity index (χ2n) is 3.36. The van der Waals surface area contributed by atoms with Crippen LogP contribution < -0.4 is 0 Å². The van der Waals surface area contributed by atoms with Gasteiger partial charge in [-0.2, -0.15) is 0 Å². The van der Waals surface area contributed by atoms with Gasteiger partial charge in [-0.3, -0.25) is 4.79 Å². The van der Waals surface area contributed by atoms with Crippen LogP contribution in [0.2, 0.25) is 0 Å². The highest BCUT2D eigenvalue weighted by molar-refractivity contribution is 5.76. The number of hydrogen-bond donors (Lipinski definition) is 0. The van der Waals surface area contributed by atoms with E-state index >= 15 is 0 Å². The number of nitrogens with zero attached hydrogens (tertiary/aromatic N) is 1. The maximum absolute atomic E-state index is 11.4. The normalized spacial score (nSPS) is 9.67. The summed E-state index contributed by atoms with van der Waals surface area (Å²) in [4.78, 5) is 13.1. The predicted octanol–water partition coefficient (Wildman–Crippen LogP) is 2.61. The molecule has 0 radical (unpaired) electrons. The predicted molar refractivity (Wildman–Crippen MR) is 62.3 cm³/mol. The summed E-state index contributed by atoms with van der Waals surface area (Å²) in [7, 11) is 0. The van der Waals surface area contributed by atoms with Gasteiger partial charge in [0, 0.05) is 13.0 Å². The Morgan fingerprint density at radius 3 is 2.60 bits per heavy atom. The van der Waals surface area contributed by atoms with E-state index in [9.17, 15) is 4.79 Å². The molecule has 0 saturated heterocycles. The Hall–Kier alpha value is -1.57. The molecule has 0 N–H and O–H groups in total. The van der Waals surface area contributed by atoms with Crippen LogP contribution in [0.15, 0.2) is 43.1 Å². The van der Waals surface area contributed by atoms with E-state index < -0.39 is 0 Å². The zero-order chi connectivity index (χ0) is 11.1. The highest BCUT2D eigenvalue weighted by Gasteiger charge is 2.06. The number of amides is 1. The van der Waals surface area contributed by atoms with Gasteiger partial charge in [0.05, 0.1) is 0 Å². The quantitative estimate of drug-likeness (QED) is 0.720. The van der Waals surface area contributed by atoms with Gasteiger partial charge in [-0.15, -0.1) is 0 Å². The van der Waals surface area contributed by atoms with Crippen molar-refractivity contribution in [1.82, 2.24) is 4.90 Å². The van der Waals surface area contributed by atoms with Crippen LogP contribution >= 0.6 is 0 Å². The van der Waals surface area contributed by atoms with Gasteiger partial charge in [-0.1, -0.05) is 43.8 Å². The summed E-state index contributed by atoms with van der Waals surface area (Å²) in [6.45, 7) is 6.22. The standard InChI is InChI=1S/C13H17NO/c1-3-13(15)14(4-2)11-10-12-8-6-5-7-9-12/h4-9H,2-3,10-11H2,1H3. The van der Waals surface area contributed by atoms with Crippen LogP contribution in [0.1, 0.15) is 18.9 Å². The first-order chi connectivity index (χ1) is 7.27. The van der Waals surface area contributed by atoms with Crippen molar-refractivity contribution < 1.29 is 4.79 Å². The van der Waals surface area contributed by atoms with E-state index in [1.54, 1.807) is 11.1 Å². The topological polar surface area (TPSA) is 20.3 Å². The molecule has 0 bridgehead atoms. The molecule has 1 amide bonds. The monoisotopic (exact) mass is 203 g/mol. The molecule has 0 spiro atoms. The third kappa shape index (κ3) is 3.58. The molecule has 15 heavy (non-hydrogen) atoms. The number of hydrogen-bond acceptors (Lipinski definition) is 1. The lowest BCUT2D eigenvalue weighted by Crippen LogP contribution is -2.26. The Labute approximate surface area is 91.2 Å².